The fourth-order valence-electron chi connectivity index (χ4n) is 2.14. The van der Waals surface area contributed by atoms with E-state index >= 15 is 0 Å². The lowest BCUT2D eigenvalue weighted by Crippen LogP contribution is -2.53. The van der Waals surface area contributed by atoms with Crippen molar-refractivity contribution in [3.8, 4) is 12.3 Å². The molecule has 0 heterocycles. The van der Waals surface area contributed by atoms with E-state index < -0.39 is 11.6 Å². The Morgan fingerprint density at radius 2 is 2.00 bits per heavy atom. The summed E-state index contributed by atoms with van der Waals surface area (Å²) in [6, 6.07) is 0. The van der Waals surface area contributed by atoms with E-state index in [0.717, 1.165) is 25.7 Å². The number of carbonyl (C=O) groups is 2. The molecule has 0 bridgehead atoms. The van der Waals surface area contributed by atoms with Gasteiger partial charge in [-0.05, 0) is 19.3 Å². The lowest BCUT2D eigenvalue weighted by molar-refractivity contribution is -0.151. The predicted molar refractivity (Wildman–Crippen MR) is 70.4 cm³/mol. The molecule has 5 nitrogen and oxygen atoms in total. The maximum atomic E-state index is 12.1. The summed E-state index contributed by atoms with van der Waals surface area (Å²) in [5.74, 6) is 1.84. The third-order valence-corrected chi connectivity index (χ3v) is 3.21. The molecule has 0 spiro atoms. The topological polar surface area (TPSA) is 64.6 Å². The van der Waals surface area contributed by atoms with E-state index in [2.05, 4.69) is 11.2 Å². The lowest BCUT2D eigenvalue weighted by Gasteiger charge is -2.27. The minimum Gasteiger partial charge on any atom is -0.464 e. The largest absolute Gasteiger partial charge is 0.464 e. The van der Waals surface area contributed by atoms with E-state index in [-0.39, 0.29) is 12.6 Å². The minimum atomic E-state index is -0.931. The first kappa shape index (κ1) is 15.4. The molecule has 19 heavy (non-hydrogen) atoms. The van der Waals surface area contributed by atoms with Gasteiger partial charge >= 0.3 is 12.1 Å². The average Bonchev–Trinajstić information content (AvgIpc) is 2.86. The number of nitrogens with one attached hydrogen (secondary N) is 1. The molecular formula is C14H21NO4. The molecule has 1 fully saturated rings. The predicted octanol–water partition coefficient (Wildman–Crippen LogP) is 2.00. The van der Waals surface area contributed by atoms with Crippen LogP contribution < -0.4 is 5.32 Å². The fourth-order valence-corrected chi connectivity index (χ4v) is 2.14. The van der Waals surface area contributed by atoms with Crippen LogP contribution in [0, 0.1) is 12.3 Å². The second-order valence-corrected chi connectivity index (χ2v) is 4.68. The molecule has 1 rings (SSSR count). The van der Waals surface area contributed by atoms with Gasteiger partial charge in [-0.2, -0.15) is 0 Å². The highest BCUT2D eigenvalue weighted by molar-refractivity contribution is 5.86. The molecular weight excluding hydrogens is 246 g/mol. The normalized spacial score (nSPS) is 16.4. The van der Waals surface area contributed by atoms with Gasteiger partial charge in [0.05, 0.1) is 6.61 Å². The molecule has 0 atom stereocenters. The first-order valence-electron chi connectivity index (χ1n) is 6.70. The van der Waals surface area contributed by atoms with Crippen LogP contribution in [0.15, 0.2) is 0 Å². The highest BCUT2D eigenvalue weighted by Crippen LogP contribution is 2.31. The summed E-state index contributed by atoms with van der Waals surface area (Å²) in [5.41, 5.74) is -0.931. The van der Waals surface area contributed by atoms with E-state index in [0.29, 0.717) is 19.4 Å². The molecule has 1 N–H and O–H groups in total. The Kier molecular flexibility index (Phi) is 6.20. The van der Waals surface area contributed by atoms with Crippen LogP contribution in [0.4, 0.5) is 4.79 Å². The SMILES string of the molecule is C#CCOC(=O)NC1(C(=O)OCCCC)CCCC1. The summed E-state index contributed by atoms with van der Waals surface area (Å²) in [5, 5.41) is 2.62. The number of ether oxygens (including phenoxy) is 2. The molecule has 0 unspecified atom stereocenters. The quantitative estimate of drug-likeness (QED) is 0.454. The van der Waals surface area contributed by atoms with Gasteiger partial charge < -0.3 is 14.8 Å². The van der Waals surface area contributed by atoms with E-state index in [9.17, 15) is 9.59 Å². The molecule has 1 aliphatic carbocycles. The number of rotatable bonds is 6. The highest BCUT2D eigenvalue weighted by atomic mass is 16.6. The van der Waals surface area contributed by atoms with Gasteiger partial charge in [0.2, 0.25) is 0 Å². The van der Waals surface area contributed by atoms with Gasteiger partial charge in [0.15, 0.2) is 6.61 Å². The van der Waals surface area contributed by atoms with Crippen LogP contribution in [0.25, 0.3) is 0 Å². The van der Waals surface area contributed by atoms with Crippen molar-refractivity contribution in [1.29, 1.82) is 0 Å². The number of carbonyl (C=O) groups excluding carboxylic acids is 2. The van der Waals surface area contributed by atoms with Crippen LogP contribution in [-0.2, 0) is 14.3 Å². The van der Waals surface area contributed by atoms with Crippen molar-refractivity contribution in [2.24, 2.45) is 0 Å². The van der Waals surface area contributed by atoms with E-state index in [1.807, 2.05) is 6.92 Å². The smallest absolute Gasteiger partial charge is 0.409 e. The van der Waals surface area contributed by atoms with Crippen LogP contribution in [0.5, 0.6) is 0 Å². The second kappa shape index (κ2) is 7.67. The van der Waals surface area contributed by atoms with E-state index in [1.165, 1.54) is 0 Å². The molecule has 0 aromatic rings. The standard InChI is InChI=1S/C14H21NO4/c1-3-5-11-18-12(16)14(8-6-7-9-14)15-13(17)19-10-4-2/h2H,3,5-11H2,1H3,(H,15,17). The number of terminal acetylenes is 1. The molecule has 0 aromatic heterocycles. The van der Waals surface area contributed by atoms with Crippen molar-refractivity contribution < 1.29 is 19.1 Å². The van der Waals surface area contributed by atoms with Gasteiger partial charge in [0.1, 0.15) is 5.54 Å². The molecule has 106 valence electrons. The Morgan fingerprint density at radius 3 is 2.58 bits per heavy atom. The summed E-state index contributed by atoms with van der Waals surface area (Å²) < 4.78 is 9.99. The first-order valence-corrected chi connectivity index (χ1v) is 6.70. The lowest BCUT2D eigenvalue weighted by atomic mass is 9.98. The number of alkyl carbamates (subject to hydrolysis) is 1. The monoisotopic (exact) mass is 267 g/mol. The third-order valence-electron chi connectivity index (χ3n) is 3.21. The maximum Gasteiger partial charge on any atom is 0.409 e. The second-order valence-electron chi connectivity index (χ2n) is 4.68. The van der Waals surface area contributed by atoms with E-state index in [1.54, 1.807) is 0 Å². The summed E-state index contributed by atoms with van der Waals surface area (Å²) in [6.07, 6.45) is 9.08. The Bertz CT molecular complexity index is 353. The number of amides is 1. The number of unbranched alkanes of at least 4 members (excludes halogenated alkanes) is 1. The zero-order valence-electron chi connectivity index (χ0n) is 11.4. The van der Waals surface area contributed by atoms with Crippen LogP contribution in [0.2, 0.25) is 0 Å². The average molecular weight is 267 g/mol. The van der Waals surface area contributed by atoms with Crippen molar-refractivity contribution in [2.75, 3.05) is 13.2 Å². The minimum absolute atomic E-state index is 0.104. The Labute approximate surface area is 114 Å². The molecule has 0 saturated heterocycles. The zero-order valence-corrected chi connectivity index (χ0v) is 11.4. The molecule has 0 aromatic carbocycles. The fraction of sp³-hybridized carbons (Fsp3) is 0.714. The van der Waals surface area contributed by atoms with Crippen LogP contribution >= 0.6 is 0 Å². The number of hydrogen-bond donors (Lipinski definition) is 1. The summed E-state index contributed by atoms with van der Waals surface area (Å²) in [4.78, 5) is 23.7. The van der Waals surface area contributed by atoms with Gasteiger partial charge in [-0.3, -0.25) is 0 Å². The first-order chi connectivity index (χ1) is 9.14. The molecule has 1 amide bonds. The molecule has 0 aliphatic heterocycles. The van der Waals surface area contributed by atoms with Gasteiger partial charge in [-0.25, -0.2) is 9.59 Å². The summed E-state index contributed by atoms with van der Waals surface area (Å²) >= 11 is 0. The molecule has 1 aliphatic rings. The Hall–Kier alpha value is -1.70. The highest BCUT2D eigenvalue weighted by Gasteiger charge is 2.44. The van der Waals surface area contributed by atoms with Crippen molar-refractivity contribution in [3.05, 3.63) is 0 Å². The Morgan fingerprint density at radius 1 is 1.32 bits per heavy atom. The maximum absolute atomic E-state index is 12.1. The number of esters is 1. The van der Waals surface area contributed by atoms with Crippen LogP contribution in [-0.4, -0.2) is 30.8 Å². The van der Waals surface area contributed by atoms with Crippen LogP contribution in [0.1, 0.15) is 45.4 Å². The molecule has 1 saturated carbocycles. The Balaban J connectivity index is 2.56. The van der Waals surface area contributed by atoms with Crippen molar-refractivity contribution >= 4 is 12.1 Å². The third kappa shape index (κ3) is 4.47. The zero-order chi connectivity index (χ0) is 14.1. The summed E-state index contributed by atoms with van der Waals surface area (Å²) in [6.45, 7) is 2.31. The van der Waals surface area contributed by atoms with Gasteiger partial charge in [-0.15, -0.1) is 6.42 Å². The number of hydrogen-bond acceptors (Lipinski definition) is 4. The van der Waals surface area contributed by atoms with Gasteiger partial charge in [-0.1, -0.05) is 32.1 Å². The van der Waals surface area contributed by atoms with Gasteiger partial charge in [0, 0.05) is 0 Å². The van der Waals surface area contributed by atoms with Gasteiger partial charge in [0.25, 0.3) is 0 Å². The van der Waals surface area contributed by atoms with E-state index in [4.69, 9.17) is 15.9 Å². The van der Waals surface area contributed by atoms with Crippen molar-refractivity contribution in [2.45, 2.75) is 51.0 Å². The molecule has 5 heteroatoms. The van der Waals surface area contributed by atoms with Crippen molar-refractivity contribution in [1.82, 2.24) is 5.32 Å². The van der Waals surface area contributed by atoms with Crippen molar-refractivity contribution in [3.63, 3.8) is 0 Å². The molecule has 0 radical (unpaired) electrons. The summed E-state index contributed by atoms with van der Waals surface area (Å²) in [7, 11) is 0. The van der Waals surface area contributed by atoms with Crippen LogP contribution in [0.3, 0.4) is 0 Å².